The monoisotopic (exact) mass is 566 g/mol. The maximum Gasteiger partial charge on any atom is 0.459 e. The lowest BCUT2D eigenvalue weighted by atomic mass is 10.3. The maximum absolute atomic E-state index is 14.0. The molecule has 0 unspecified atom stereocenters. The summed E-state index contributed by atoms with van der Waals surface area (Å²) in [4.78, 5) is 0. The van der Waals surface area contributed by atoms with Crippen LogP contribution in [0, 0.1) is 0 Å². The molecule has 23 heteroatoms. The van der Waals surface area contributed by atoms with E-state index in [2.05, 4.69) is 4.43 Å². The van der Waals surface area contributed by atoms with Crippen LogP contribution in [-0.2, 0) is 4.43 Å². The van der Waals surface area contributed by atoms with Gasteiger partial charge in [-0.15, -0.1) is 0 Å². The Morgan fingerprint density at radius 2 is 0.515 bits per heavy atom. The molecule has 0 spiro atoms. The average molecular weight is 566 g/mol. The van der Waals surface area contributed by atoms with Gasteiger partial charge < -0.3 is 4.43 Å². The van der Waals surface area contributed by atoms with Crippen molar-refractivity contribution in [3.05, 3.63) is 0 Å². The van der Waals surface area contributed by atoms with Gasteiger partial charge in [0.05, 0.1) is 0 Å². The normalized spacial score (nSPS) is 16.9. The number of hydrogen-bond donors (Lipinski definition) is 0. The van der Waals surface area contributed by atoms with Gasteiger partial charge in [0.1, 0.15) is 0 Å². The predicted molar refractivity (Wildman–Crippen MR) is 60.6 cm³/mol. The summed E-state index contributed by atoms with van der Waals surface area (Å²) >= 11 is 0. The Labute approximate surface area is 166 Å². The second kappa shape index (κ2) is 7.60. The van der Waals surface area contributed by atoms with Gasteiger partial charge in [-0.25, -0.2) is 26.3 Å². The van der Waals surface area contributed by atoms with Crippen LogP contribution in [-0.4, -0.2) is 68.4 Å². The van der Waals surface area contributed by atoms with Crippen molar-refractivity contribution in [1.29, 1.82) is 0 Å². The van der Waals surface area contributed by atoms with Gasteiger partial charge >= 0.3 is 61.3 Å². The zero-order chi connectivity index (χ0) is 27.7. The molecule has 0 aromatic rings. The van der Waals surface area contributed by atoms with Gasteiger partial charge in [-0.2, -0.15) is 65.9 Å². The fourth-order valence-corrected chi connectivity index (χ4v) is 5.88. The second-order valence-corrected chi connectivity index (χ2v) is 9.48. The molecular weight excluding hydrogens is 563 g/mol. The molecule has 200 valence electrons. The molecule has 0 amide bonds. The molecule has 0 saturated carbocycles. The van der Waals surface area contributed by atoms with Crippen molar-refractivity contribution in [2.45, 2.75) is 52.9 Å². The Kier molecular flexibility index (Phi) is 7.30. The topological polar surface area (TPSA) is 9.23 Å². The van der Waals surface area contributed by atoms with Crippen molar-refractivity contribution in [1.82, 2.24) is 0 Å². The Bertz CT molecular complexity index is 617. The highest BCUT2D eigenvalue weighted by atomic mass is 28.4. The van der Waals surface area contributed by atoms with Gasteiger partial charge in [-0.05, 0) is 0 Å². The first-order chi connectivity index (χ1) is 13.8. The molecule has 0 rings (SSSR count). The molecule has 0 aliphatic rings. The van der Waals surface area contributed by atoms with Gasteiger partial charge in [0, 0.05) is 7.11 Å². The molecule has 0 radical (unpaired) electrons. The minimum absolute atomic E-state index is 1.48. The summed E-state index contributed by atoms with van der Waals surface area (Å²) in [6.45, 7) is 0. The SMILES string of the molecule is CO[Si](C(F)(F)C(F)(F)C(F)(F)F)(C(F)(F)C(F)(F)C(F)(F)F)C(F)(F)C(F)(F)C(F)(F)F. The summed E-state index contributed by atoms with van der Waals surface area (Å²) < 4.78 is 275. The molecule has 0 aromatic carbocycles. The zero-order valence-electron chi connectivity index (χ0n) is 14.3. The highest BCUT2D eigenvalue weighted by Crippen LogP contribution is 2.66. The molecular formula is C10H3F21OSi. The molecule has 0 atom stereocenters. The minimum atomic E-state index is -11.1. The van der Waals surface area contributed by atoms with Gasteiger partial charge in [-0.1, -0.05) is 0 Å². The van der Waals surface area contributed by atoms with Crippen LogP contribution in [0.25, 0.3) is 0 Å². The van der Waals surface area contributed by atoms with E-state index in [9.17, 15) is 92.2 Å². The van der Waals surface area contributed by atoms with Crippen LogP contribution < -0.4 is 0 Å². The summed E-state index contributed by atoms with van der Waals surface area (Å²) in [5.41, 5.74) is -26.8. The van der Waals surface area contributed by atoms with Gasteiger partial charge in [0.25, 0.3) is 0 Å². The molecule has 0 fully saturated rings. The van der Waals surface area contributed by atoms with Gasteiger partial charge in [-0.3, -0.25) is 0 Å². The number of halogens is 21. The first-order valence-corrected chi connectivity index (χ1v) is 8.74. The van der Waals surface area contributed by atoms with Crippen molar-refractivity contribution < 1.29 is 96.6 Å². The highest BCUT2D eigenvalue weighted by molar-refractivity contribution is 6.81. The standard InChI is InChI=1S/C10H3F21OSi/c1-32-33(8(26,27)2(11,12)5(17,18)19,9(28,29)3(13,14)6(20,21)22)10(30,31)4(15,16)7(23,24)25/h1H3. The largest absolute Gasteiger partial charge is 0.459 e. The minimum Gasteiger partial charge on any atom is -0.405 e. The summed E-state index contributed by atoms with van der Waals surface area (Å²) in [7, 11) is -12.6. The summed E-state index contributed by atoms with van der Waals surface area (Å²) in [5, 5.41) is 0. The first-order valence-electron chi connectivity index (χ1n) is 6.83. The van der Waals surface area contributed by atoms with Crippen LogP contribution in [0.1, 0.15) is 0 Å². The van der Waals surface area contributed by atoms with E-state index in [0.29, 0.717) is 0 Å². The van der Waals surface area contributed by atoms with Crippen molar-refractivity contribution in [3.8, 4) is 0 Å². The first kappa shape index (κ1) is 31.7. The van der Waals surface area contributed by atoms with E-state index < -0.39 is 68.4 Å². The number of hydrogen-bond acceptors (Lipinski definition) is 1. The Morgan fingerprint density at radius 3 is 0.606 bits per heavy atom. The van der Waals surface area contributed by atoms with E-state index in [1.165, 1.54) is 0 Å². The molecule has 0 aliphatic carbocycles. The van der Waals surface area contributed by atoms with Crippen LogP contribution in [0.2, 0.25) is 0 Å². The Balaban J connectivity index is 8.14. The van der Waals surface area contributed by atoms with Crippen molar-refractivity contribution >= 4 is 8.32 Å². The summed E-state index contributed by atoms with van der Waals surface area (Å²) in [6, 6.07) is 0. The van der Waals surface area contributed by atoms with Crippen molar-refractivity contribution in [2.75, 3.05) is 7.11 Å². The average Bonchev–Trinajstić information content (AvgIpc) is 2.51. The van der Waals surface area contributed by atoms with Crippen molar-refractivity contribution in [3.63, 3.8) is 0 Å². The van der Waals surface area contributed by atoms with Crippen LogP contribution in [0.15, 0.2) is 0 Å². The molecule has 0 aromatic heterocycles. The van der Waals surface area contributed by atoms with E-state index in [4.69, 9.17) is 0 Å². The Morgan fingerprint density at radius 1 is 0.364 bits per heavy atom. The lowest BCUT2D eigenvalue weighted by Crippen LogP contribution is -2.89. The van der Waals surface area contributed by atoms with E-state index >= 15 is 0 Å². The molecule has 0 N–H and O–H groups in total. The van der Waals surface area contributed by atoms with Crippen LogP contribution in [0.4, 0.5) is 92.2 Å². The smallest absolute Gasteiger partial charge is 0.405 e. The molecule has 0 bridgehead atoms. The molecule has 33 heavy (non-hydrogen) atoms. The second-order valence-electron chi connectivity index (χ2n) is 5.82. The lowest BCUT2D eigenvalue weighted by molar-refractivity contribution is -0.375. The molecule has 0 heterocycles. The third-order valence-electron chi connectivity index (χ3n) is 3.88. The van der Waals surface area contributed by atoms with E-state index in [1.807, 2.05) is 0 Å². The van der Waals surface area contributed by atoms with E-state index in [-0.39, 0.29) is 0 Å². The highest BCUT2D eigenvalue weighted by Gasteiger charge is 3.04. The quantitative estimate of drug-likeness (QED) is 0.247. The van der Waals surface area contributed by atoms with Gasteiger partial charge in [0.2, 0.25) is 0 Å². The maximum atomic E-state index is 14.0. The van der Waals surface area contributed by atoms with Crippen LogP contribution in [0.5, 0.6) is 0 Å². The third-order valence-corrected chi connectivity index (χ3v) is 8.09. The fourth-order valence-electron chi connectivity index (χ4n) is 2.17. The summed E-state index contributed by atoms with van der Waals surface area (Å²) in [5.74, 6) is -25.9. The van der Waals surface area contributed by atoms with Crippen LogP contribution >= 0.6 is 0 Å². The Hall–Kier alpha value is -1.29. The zero-order valence-corrected chi connectivity index (χ0v) is 15.3. The molecule has 0 saturated heterocycles. The number of alkyl halides is 21. The van der Waals surface area contributed by atoms with E-state index in [1.54, 1.807) is 0 Å². The van der Waals surface area contributed by atoms with E-state index in [0.717, 1.165) is 0 Å². The lowest BCUT2D eigenvalue weighted by Gasteiger charge is -2.50. The van der Waals surface area contributed by atoms with Gasteiger partial charge in [0.15, 0.2) is 0 Å². The van der Waals surface area contributed by atoms with Crippen molar-refractivity contribution in [2.24, 2.45) is 0 Å². The van der Waals surface area contributed by atoms with Crippen LogP contribution in [0.3, 0.4) is 0 Å². The predicted octanol–water partition coefficient (Wildman–Crippen LogP) is 6.69. The number of rotatable bonds is 7. The molecule has 1 nitrogen and oxygen atoms in total. The molecule has 0 aliphatic heterocycles. The fraction of sp³-hybridized carbons (Fsp3) is 1.00. The summed E-state index contributed by atoms with van der Waals surface area (Å²) in [6.07, 6.45) is -24.5. The third kappa shape index (κ3) is 3.70.